The fraction of sp³-hybridized carbons (Fsp3) is 0.769. The molecule has 0 saturated carbocycles. The molecule has 0 fully saturated rings. The Morgan fingerprint density at radius 1 is 0.594 bits per heavy atom. The Kier molecular flexibility index (Phi) is 23.7. The number of hydrogen-bond donors (Lipinski definition) is 2. The summed E-state index contributed by atoms with van der Waals surface area (Å²) in [5.41, 5.74) is 0. The highest BCUT2D eigenvalue weighted by molar-refractivity contribution is 5.67. The van der Waals surface area contributed by atoms with E-state index < -0.39 is 0 Å². The highest BCUT2D eigenvalue weighted by atomic mass is 16.6. The number of rotatable bonds is 21. The van der Waals surface area contributed by atoms with E-state index in [1.54, 1.807) is 0 Å². The molecule has 0 atom stereocenters. The molecule has 32 heavy (non-hydrogen) atoms. The molecule has 0 bridgehead atoms. The molecule has 0 radical (unpaired) electrons. The van der Waals surface area contributed by atoms with Crippen molar-refractivity contribution in [3.05, 3.63) is 24.3 Å². The van der Waals surface area contributed by atoms with E-state index in [4.69, 9.17) is 9.47 Å². The fourth-order valence-corrected chi connectivity index (χ4v) is 2.95. The van der Waals surface area contributed by atoms with Crippen molar-refractivity contribution in [1.29, 1.82) is 0 Å². The molecule has 0 aliphatic heterocycles. The Bertz CT molecular complexity index is 448. The minimum absolute atomic E-state index is 0.288. The van der Waals surface area contributed by atoms with Crippen LogP contribution in [0.15, 0.2) is 24.3 Å². The third-order valence-corrected chi connectivity index (χ3v) is 4.98. The summed E-state index contributed by atoms with van der Waals surface area (Å²) in [6.45, 7) is 6.62. The van der Waals surface area contributed by atoms with Crippen molar-refractivity contribution in [3.8, 4) is 0 Å². The Morgan fingerprint density at radius 3 is 1.41 bits per heavy atom. The van der Waals surface area contributed by atoms with Crippen molar-refractivity contribution >= 4 is 12.2 Å². The van der Waals surface area contributed by atoms with Crippen LogP contribution >= 0.6 is 0 Å². The van der Waals surface area contributed by atoms with Crippen LogP contribution < -0.4 is 10.6 Å². The molecular formula is C26H48N2O4. The topological polar surface area (TPSA) is 76.7 Å². The predicted octanol–water partition coefficient (Wildman–Crippen LogP) is 7.05. The van der Waals surface area contributed by atoms with Gasteiger partial charge in [-0.3, -0.25) is 0 Å². The molecule has 0 aromatic heterocycles. The summed E-state index contributed by atoms with van der Waals surface area (Å²) in [6, 6.07) is 0. The van der Waals surface area contributed by atoms with Gasteiger partial charge in [0.2, 0.25) is 0 Å². The summed E-state index contributed by atoms with van der Waals surface area (Å²) in [7, 11) is 0. The van der Waals surface area contributed by atoms with Gasteiger partial charge in [-0.2, -0.15) is 0 Å². The second-order valence-corrected chi connectivity index (χ2v) is 8.09. The fourth-order valence-electron chi connectivity index (χ4n) is 2.95. The smallest absolute Gasteiger partial charge is 0.407 e. The van der Waals surface area contributed by atoms with Crippen LogP contribution in [0.2, 0.25) is 0 Å². The van der Waals surface area contributed by atoms with E-state index >= 15 is 0 Å². The van der Waals surface area contributed by atoms with Crippen LogP contribution in [-0.4, -0.2) is 38.5 Å². The summed E-state index contributed by atoms with van der Waals surface area (Å²) in [4.78, 5) is 22.7. The third kappa shape index (κ3) is 24.3. The standard InChI is InChI=1S/C26H48N2O4/c1-3-5-21-27-25(29)31-23-19-17-15-13-11-9-7-8-10-12-14-16-18-20-24-32-26(30)28-22-6-4-2/h7-10H,3-6,11-24H2,1-2H3,(H,27,29)(H,28,30)/b9-7+,10-8+. The molecule has 2 N–H and O–H groups in total. The highest BCUT2D eigenvalue weighted by Gasteiger charge is 2.00. The second kappa shape index (κ2) is 25.3. The van der Waals surface area contributed by atoms with Gasteiger partial charge in [0.1, 0.15) is 0 Å². The maximum Gasteiger partial charge on any atom is 0.407 e. The first-order valence-electron chi connectivity index (χ1n) is 12.8. The molecule has 0 saturated heterocycles. The minimum atomic E-state index is -0.288. The number of amides is 2. The lowest BCUT2D eigenvalue weighted by Gasteiger charge is -2.06. The lowest BCUT2D eigenvalue weighted by molar-refractivity contribution is 0.143. The number of ether oxygens (including phenoxy) is 2. The van der Waals surface area contributed by atoms with E-state index in [0.29, 0.717) is 26.3 Å². The summed E-state index contributed by atoms with van der Waals surface area (Å²) in [5.74, 6) is 0. The van der Waals surface area contributed by atoms with Crippen molar-refractivity contribution < 1.29 is 19.1 Å². The zero-order chi connectivity index (χ0) is 23.5. The zero-order valence-corrected chi connectivity index (χ0v) is 20.7. The molecule has 186 valence electrons. The van der Waals surface area contributed by atoms with Crippen LogP contribution in [0, 0.1) is 0 Å². The van der Waals surface area contributed by atoms with Gasteiger partial charge in [-0.05, 0) is 51.4 Å². The van der Waals surface area contributed by atoms with Gasteiger partial charge in [-0.25, -0.2) is 9.59 Å². The van der Waals surface area contributed by atoms with Gasteiger partial charge in [0.05, 0.1) is 13.2 Å². The predicted molar refractivity (Wildman–Crippen MR) is 133 cm³/mol. The van der Waals surface area contributed by atoms with Crippen LogP contribution in [-0.2, 0) is 9.47 Å². The summed E-state index contributed by atoms with van der Waals surface area (Å²) >= 11 is 0. The average Bonchev–Trinajstić information content (AvgIpc) is 2.78. The molecule has 2 amide bonds. The molecule has 0 spiro atoms. The summed E-state index contributed by atoms with van der Waals surface area (Å²) < 4.78 is 10.3. The third-order valence-electron chi connectivity index (χ3n) is 4.98. The molecule has 0 rings (SSSR count). The van der Waals surface area contributed by atoms with E-state index in [0.717, 1.165) is 64.2 Å². The number of carbonyl (C=O) groups excluding carboxylic acids is 2. The second-order valence-electron chi connectivity index (χ2n) is 8.09. The summed E-state index contributed by atoms with van der Waals surface area (Å²) in [6.07, 6.45) is 23.2. The number of allylic oxidation sites excluding steroid dienone is 4. The van der Waals surface area contributed by atoms with Gasteiger partial charge in [0.25, 0.3) is 0 Å². The maximum atomic E-state index is 11.4. The Labute approximate surface area is 196 Å². The Balaban J connectivity index is 3.31. The first-order valence-corrected chi connectivity index (χ1v) is 12.8. The van der Waals surface area contributed by atoms with Gasteiger partial charge in [-0.15, -0.1) is 0 Å². The molecule has 0 aromatic rings. The van der Waals surface area contributed by atoms with Gasteiger partial charge in [0, 0.05) is 13.1 Å². The van der Waals surface area contributed by atoms with Crippen LogP contribution in [0.25, 0.3) is 0 Å². The minimum Gasteiger partial charge on any atom is -0.450 e. The largest absolute Gasteiger partial charge is 0.450 e. The molecule has 0 aromatic carbocycles. The molecule has 0 aliphatic rings. The van der Waals surface area contributed by atoms with Crippen LogP contribution in [0.4, 0.5) is 9.59 Å². The lowest BCUT2D eigenvalue weighted by atomic mass is 10.1. The molecule has 0 aliphatic carbocycles. The Morgan fingerprint density at radius 2 is 1.00 bits per heavy atom. The van der Waals surface area contributed by atoms with Crippen LogP contribution in [0.3, 0.4) is 0 Å². The van der Waals surface area contributed by atoms with E-state index in [1.807, 2.05) is 0 Å². The van der Waals surface area contributed by atoms with Crippen LogP contribution in [0.1, 0.15) is 104 Å². The highest BCUT2D eigenvalue weighted by Crippen LogP contribution is 2.06. The van der Waals surface area contributed by atoms with E-state index in [-0.39, 0.29) is 12.2 Å². The van der Waals surface area contributed by atoms with Crippen LogP contribution in [0.5, 0.6) is 0 Å². The van der Waals surface area contributed by atoms with Crippen molar-refractivity contribution in [2.75, 3.05) is 26.3 Å². The number of alkyl carbamates (subject to hydrolysis) is 2. The molecule has 0 heterocycles. The van der Waals surface area contributed by atoms with Crippen molar-refractivity contribution in [1.82, 2.24) is 10.6 Å². The van der Waals surface area contributed by atoms with Gasteiger partial charge < -0.3 is 20.1 Å². The number of hydrogen-bond acceptors (Lipinski definition) is 4. The van der Waals surface area contributed by atoms with Gasteiger partial charge in [-0.1, -0.05) is 76.7 Å². The monoisotopic (exact) mass is 452 g/mol. The zero-order valence-electron chi connectivity index (χ0n) is 20.7. The lowest BCUT2D eigenvalue weighted by Crippen LogP contribution is -2.25. The van der Waals surface area contributed by atoms with E-state index in [9.17, 15) is 9.59 Å². The molecule has 6 heteroatoms. The van der Waals surface area contributed by atoms with Gasteiger partial charge >= 0.3 is 12.2 Å². The van der Waals surface area contributed by atoms with Gasteiger partial charge in [0.15, 0.2) is 0 Å². The quantitative estimate of drug-likeness (QED) is 0.144. The van der Waals surface area contributed by atoms with Crippen molar-refractivity contribution in [2.24, 2.45) is 0 Å². The molecule has 0 unspecified atom stereocenters. The summed E-state index contributed by atoms with van der Waals surface area (Å²) in [5, 5.41) is 5.51. The number of unbranched alkanes of at least 4 members (excludes halogenated alkanes) is 10. The van der Waals surface area contributed by atoms with Crippen molar-refractivity contribution in [3.63, 3.8) is 0 Å². The normalized spacial score (nSPS) is 11.2. The van der Waals surface area contributed by atoms with E-state index in [1.165, 1.54) is 25.7 Å². The van der Waals surface area contributed by atoms with Crippen molar-refractivity contribution in [2.45, 2.75) is 104 Å². The molecule has 6 nitrogen and oxygen atoms in total. The first-order chi connectivity index (χ1) is 15.7. The average molecular weight is 453 g/mol. The Hall–Kier alpha value is -1.98. The maximum absolute atomic E-state index is 11.4. The number of carbonyl (C=O) groups is 2. The SMILES string of the molecule is CCCCNC(=O)OCCCCCC/C=C/C=C/CCCCCCOC(=O)NCCCC. The molecular weight excluding hydrogens is 404 g/mol. The van der Waals surface area contributed by atoms with E-state index in [2.05, 4.69) is 48.8 Å². The number of nitrogens with one attached hydrogen (secondary N) is 2. The first kappa shape index (κ1) is 30.0.